The van der Waals surface area contributed by atoms with Gasteiger partial charge in [0.2, 0.25) is 11.8 Å². The summed E-state index contributed by atoms with van der Waals surface area (Å²) in [5, 5.41) is 21.5. The van der Waals surface area contributed by atoms with Crippen LogP contribution in [0.1, 0.15) is 130 Å². The highest BCUT2D eigenvalue weighted by molar-refractivity contribution is 5.77. The summed E-state index contributed by atoms with van der Waals surface area (Å²) in [4.78, 5) is 46.9. The number of methoxy groups -OCH3 is 1. The van der Waals surface area contributed by atoms with Crippen LogP contribution in [0.25, 0.3) is 16.8 Å². The summed E-state index contributed by atoms with van der Waals surface area (Å²) in [5.74, 6) is 0.997. The average molecular weight is 888 g/mol. The van der Waals surface area contributed by atoms with Crippen LogP contribution in [0.2, 0.25) is 0 Å². The van der Waals surface area contributed by atoms with Crippen LogP contribution in [0, 0.1) is 19.8 Å². The highest BCUT2D eigenvalue weighted by atomic mass is 16.5. The van der Waals surface area contributed by atoms with E-state index in [2.05, 4.69) is 83.1 Å². The Hall–Kier alpha value is -5.07. The maximum atomic E-state index is 12.6. The van der Waals surface area contributed by atoms with Crippen LogP contribution in [0.4, 0.5) is 5.82 Å². The van der Waals surface area contributed by atoms with Crippen molar-refractivity contribution < 1.29 is 24.2 Å². The van der Waals surface area contributed by atoms with Crippen molar-refractivity contribution >= 4 is 23.6 Å². The van der Waals surface area contributed by atoms with Crippen LogP contribution in [-0.4, -0.2) is 106 Å². The van der Waals surface area contributed by atoms with E-state index in [0.29, 0.717) is 38.5 Å². The first-order valence-corrected chi connectivity index (χ1v) is 24.6. The number of hydrogen-bond acceptors (Lipinski definition) is 8. The van der Waals surface area contributed by atoms with Crippen molar-refractivity contribution in [2.45, 2.75) is 135 Å². The average Bonchev–Trinajstić information content (AvgIpc) is 4.06. The van der Waals surface area contributed by atoms with Crippen LogP contribution < -0.4 is 10.6 Å². The summed E-state index contributed by atoms with van der Waals surface area (Å²) in [7, 11) is 1.69. The molecule has 2 fully saturated rings. The largest absolute Gasteiger partial charge is 0.481 e. The first-order valence-electron chi connectivity index (χ1n) is 24.6. The summed E-state index contributed by atoms with van der Waals surface area (Å²) < 4.78 is 7.26. The van der Waals surface area contributed by atoms with Crippen molar-refractivity contribution in [2.24, 2.45) is 5.92 Å². The number of unbranched alkanes of at least 4 members (excludes halogenated alkanes) is 4. The topological polar surface area (TPSA) is 142 Å². The third kappa shape index (κ3) is 14.0. The summed E-state index contributed by atoms with van der Waals surface area (Å²) in [5.41, 5.74) is 9.82. The Balaban J connectivity index is 0.885. The number of hydrogen-bond donors (Lipinski definition) is 3. The lowest BCUT2D eigenvalue weighted by Gasteiger charge is -2.24. The summed E-state index contributed by atoms with van der Waals surface area (Å²) >= 11 is 0. The van der Waals surface area contributed by atoms with Crippen LogP contribution in [-0.2, 0) is 38.4 Å². The Morgan fingerprint density at radius 3 is 2.52 bits per heavy atom. The van der Waals surface area contributed by atoms with Crippen LogP contribution in [0.3, 0.4) is 0 Å². The molecule has 350 valence electrons. The molecule has 0 spiro atoms. The molecule has 65 heavy (non-hydrogen) atoms. The maximum Gasteiger partial charge on any atom is 0.304 e. The van der Waals surface area contributed by atoms with Gasteiger partial charge < -0.3 is 30.3 Å². The quantitative estimate of drug-likeness (QED) is 0.0589. The fourth-order valence-corrected chi connectivity index (χ4v) is 10.3. The number of likely N-dealkylation sites (tertiary alicyclic amines) is 2. The number of nitrogens with one attached hydrogen (secondary N) is 2. The van der Waals surface area contributed by atoms with Gasteiger partial charge in [0.15, 0.2) is 0 Å². The second-order valence-corrected chi connectivity index (χ2v) is 19.0. The highest BCUT2D eigenvalue weighted by Crippen LogP contribution is 2.33. The molecule has 3 N–H and O–H groups in total. The molecule has 0 aliphatic carbocycles. The van der Waals surface area contributed by atoms with Crippen molar-refractivity contribution in [3.05, 3.63) is 94.4 Å². The summed E-state index contributed by atoms with van der Waals surface area (Å²) in [6.07, 6.45) is 15.1. The smallest absolute Gasteiger partial charge is 0.304 e. The minimum Gasteiger partial charge on any atom is -0.481 e. The van der Waals surface area contributed by atoms with Crippen molar-refractivity contribution in [1.82, 2.24) is 29.9 Å². The lowest BCUT2D eigenvalue weighted by molar-refractivity contribution is -0.137. The zero-order valence-corrected chi connectivity index (χ0v) is 39.3. The van der Waals surface area contributed by atoms with Crippen molar-refractivity contribution in [3.8, 4) is 16.8 Å². The summed E-state index contributed by atoms with van der Waals surface area (Å²) in [6.45, 7) is 9.81. The van der Waals surface area contributed by atoms with E-state index < -0.39 is 5.97 Å². The van der Waals surface area contributed by atoms with E-state index in [4.69, 9.17) is 14.8 Å². The number of carboxylic acids is 1. The number of ether oxygens (including phenoxy) is 1. The zero-order chi connectivity index (χ0) is 45.5. The first kappa shape index (κ1) is 47.9. The fourth-order valence-electron chi connectivity index (χ4n) is 10.3. The predicted molar refractivity (Wildman–Crippen MR) is 258 cm³/mol. The number of carboxylic acid groups (broad SMARTS) is 1. The summed E-state index contributed by atoms with van der Waals surface area (Å²) in [6, 6.07) is 22.0. The predicted octanol–water partition coefficient (Wildman–Crippen LogP) is 8.84. The van der Waals surface area contributed by atoms with E-state index in [1.165, 1.54) is 11.1 Å². The monoisotopic (exact) mass is 888 g/mol. The van der Waals surface area contributed by atoms with Gasteiger partial charge in [-0.15, -0.1) is 0 Å². The number of aromatic nitrogens is 3. The van der Waals surface area contributed by atoms with Gasteiger partial charge in [-0.3, -0.25) is 14.4 Å². The Morgan fingerprint density at radius 2 is 1.72 bits per heavy atom. The molecule has 2 amide bonds. The van der Waals surface area contributed by atoms with Gasteiger partial charge in [0.25, 0.3) is 0 Å². The van der Waals surface area contributed by atoms with Gasteiger partial charge in [-0.1, -0.05) is 49.2 Å². The number of carbonyl (C=O) groups excluding carboxylic acids is 2. The standard InChI is InChI=1S/C53H73N7O5/c1-38-30-39(2)60(57-38)49-32-44(31-45(33-49)46(34-52(63)64)36-58-29-25-41(35-58)19-23-47-24-22-43-13-10-27-55-53(43)56-47)42-20-17-40(18-21-42)12-6-4-7-15-50(61)54-26-9-5-8-16-51(62)59-28-11-14-48(59)37-65-3/h17-18,20-22,24,30-33,41,46,48H,4-16,19,23,25-29,34-37H2,1-3H3,(H,54,61)(H,55,56)(H,63,64). The van der Waals surface area contributed by atoms with Crippen LogP contribution in [0.15, 0.2) is 60.7 Å². The van der Waals surface area contributed by atoms with Gasteiger partial charge >= 0.3 is 5.97 Å². The molecule has 0 bridgehead atoms. The fraction of sp³-hybridized carbons (Fsp3) is 0.566. The highest BCUT2D eigenvalue weighted by Gasteiger charge is 2.29. The Bertz CT molecular complexity index is 2190. The number of pyridine rings is 1. The van der Waals surface area contributed by atoms with Gasteiger partial charge in [-0.2, -0.15) is 5.10 Å². The molecule has 12 heteroatoms. The number of fused-ring (bicyclic) bond motifs is 1. The normalized spacial score (nSPS) is 17.8. The number of aliphatic carboxylic acids is 1. The van der Waals surface area contributed by atoms with Crippen LogP contribution >= 0.6 is 0 Å². The third-order valence-electron chi connectivity index (χ3n) is 13.8. The van der Waals surface area contributed by atoms with Gasteiger partial charge in [0.1, 0.15) is 5.82 Å². The molecule has 0 radical (unpaired) electrons. The molecule has 7 rings (SSSR count). The molecule has 2 saturated heterocycles. The minimum atomic E-state index is -0.785. The molecule has 0 saturated carbocycles. The minimum absolute atomic E-state index is 0.0622. The van der Waals surface area contributed by atoms with E-state index in [9.17, 15) is 19.5 Å². The number of anilines is 1. The van der Waals surface area contributed by atoms with Crippen molar-refractivity contribution in [3.63, 3.8) is 0 Å². The lowest BCUT2D eigenvalue weighted by Crippen LogP contribution is -2.37. The van der Waals surface area contributed by atoms with Gasteiger partial charge in [-0.05, 0) is 155 Å². The number of benzene rings is 2. The van der Waals surface area contributed by atoms with Crippen molar-refractivity contribution in [1.29, 1.82) is 0 Å². The van der Waals surface area contributed by atoms with E-state index in [-0.39, 0.29) is 30.2 Å². The zero-order valence-electron chi connectivity index (χ0n) is 39.3. The molecule has 3 unspecified atom stereocenters. The third-order valence-corrected chi connectivity index (χ3v) is 13.8. The molecule has 3 aliphatic heterocycles. The Kier molecular flexibility index (Phi) is 17.6. The van der Waals surface area contributed by atoms with Crippen molar-refractivity contribution in [2.75, 3.05) is 58.3 Å². The number of rotatable bonds is 24. The number of aryl methyl sites for hydroxylation is 5. The Labute approximate surface area is 386 Å². The maximum absolute atomic E-state index is 12.6. The van der Waals surface area contributed by atoms with Gasteiger partial charge in [0, 0.05) is 70.0 Å². The molecule has 2 aromatic heterocycles. The van der Waals surface area contributed by atoms with E-state index in [0.717, 1.165) is 161 Å². The molecule has 3 aliphatic rings. The number of carbonyl (C=O) groups is 3. The molecular weight excluding hydrogens is 815 g/mol. The second kappa shape index (κ2) is 23.9. The molecular formula is C53H73N7O5. The van der Waals surface area contributed by atoms with E-state index in [1.54, 1.807) is 7.11 Å². The molecule has 2 aromatic carbocycles. The molecule has 3 atom stereocenters. The van der Waals surface area contributed by atoms with Gasteiger partial charge in [0.05, 0.1) is 30.5 Å². The number of amides is 2. The second-order valence-electron chi connectivity index (χ2n) is 19.0. The molecule has 4 aromatic rings. The van der Waals surface area contributed by atoms with Gasteiger partial charge in [-0.25, -0.2) is 9.67 Å². The number of nitrogens with zero attached hydrogens (tertiary/aromatic N) is 5. The molecule has 5 heterocycles. The Morgan fingerprint density at radius 1 is 0.892 bits per heavy atom. The van der Waals surface area contributed by atoms with E-state index >= 15 is 0 Å². The molecule has 12 nitrogen and oxygen atoms in total. The van der Waals surface area contributed by atoms with E-state index in [1.807, 2.05) is 16.5 Å². The van der Waals surface area contributed by atoms with Crippen LogP contribution in [0.5, 0.6) is 0 Å². The SMILES string of the molecule is COCC1CCCN1C(=O)CCCCCNC(=O)CCCCCc1ccc(-c2cc(C(CC(=O)O)CN3CCC(CCc4ccc5c(n4)NCCC5)C3)cc(-n3nc(C)cc3C)c2)cc1. The lowest BCUT2D eigenvalue weighted by atomic mass is 9.91. The first-order chi connectivity index (χ1) is 31.6.